The molecule has 0 spiro atoms. The van der Waals surface area contributed by atoms with E-state index in [1.807, 2.05) is 34.3 Å². The highest BCUT2D eigenvalue weighted by atomic mass is 32.1. The average Bonchev–Trinajstić information content (AvgIpc) is 3.08. The van der Waals surface area contributed by atoms with Crippen LogP contribution in [0.4, 0.5) is 0 Å². The number of rotatable bonds is 6. The lowest BCUT2D eigenvalue weighted by Crippen LogP contribution is -2.24. The van der Waals surface area contributed by atoms with E-state index in [4.69, 9.17) is 0 Å². The van der Waals surface area contributed by atoms with Gasteiger partial charge in [-0.15, -0.1) is 11.3 Å². The number of hydrogen-bond acceptors (Lipinski definition) is 3. The Bertz CT molecular complexity index is 758. The number of thiazole rings is 1. The van der Waals surface area contributed by atoms with Crippen LogP contribution < -0.4 is 5.32 Å². The largest absolute Gasteiger partial charge is 0.350 e. The first kappa shape index (κ1) is 15.7. The number of nitrogens with one attached hydrogen (secondary N) is 1. The molecule has 120 valence electrons. The van der Waals surface area contributed by atoms with Gasteiger partial charge in [0.2, 0.25) is 5.91 Å². The second-order valence-corrected chi connectivity index (χ2v) is 7.07. The smallest absolute Gasteiger partial charge is 0.224 e. The molecule has 0 saturated carbocycles. The summed E-state index contributed by atoms with van der Waals surface area (Å²) in [5.74, 6) is 0.673. The van der Waals surface area contributed by atoms with Crippen LogP contribution in [0.1, 0.15) is 30.7 Å². The molecule has 0 atom stereocenters. The molecule has 3 rings (SSSR count). The van der Waals surface area contributed by atoms with Crippen LogP contribution in [0.3, 0.4) is 0 Å². The first-order chi connectivity index (χ1) is 11.1. The molecule has 0 saturated heterocycles. The summed E-state index contributed by atoms with van der Waals surface area (Å²) in [4.78, 5) is 17.5. The van der Waals surface area contributed by atoms with Crippen LogP contribution >= 0.6 is 11.3 Å². The summed E-state index contributed by atoms with van der Waals surface area (Å²) in [5, 5.41) is 4.93. The number of carbonyl (C=O) groups excluding carboxylic acids is 1. The van der Waals surface area contributed by atoms with E-state index in [1.54, 1.807) is 11.3 Å². The van der Waals surface area contributed by atoms with Crippen molar-refractivity contribution in [3.05, 3.63) is 58.9 Å². The third kappa shape index (κ3) is 4.20. The predicted octanol–water partition coefficient (Wildman–Crippen LogP) is 3.45. The van der Waals surface area contributed by atoms with E-state index < -0.39 is 0 Å². The van der Waals surface area contributed by atoms with Crippen molar-refractivity contribution < 1.29 is 4.79 Å². The van der Waals surface area contributed by atoms with E-state index in [9.17, 15) is 4.79 Å². The number of aromatic nitrogens is 2. The van der Waals surface area contributed by atoms with Gasteiger partial charge in [-0.2, -0.15) is 0 Å². The van der Waals surface area contributed by atoms with Gasteiger partial charge in [0, 0.05) is 17.8 Å². The third-order valence-electron chi connectivity index (χ3n) is 3.64. The molecule has 1 amide bonds. The Kier molecular flexibility index (Phi) is 4.76. The molecule has 0 aliphatic rings. The van der Waals surface area contributed by atoms with Gasteiger partial charge in [0.25, 0.3) is 0 Å². The minimum Gasteiger partial charge on any atom is -0.350 e. The van der Waals surface area contributed by atoms with Crippen LogP contribution in [0.25, 0.3) is 4.96 Å². The lowest BCUT2D eigenvalue weighted by Gasteiger charge is -2.07. The topological polar surface area (TPSA) is 46.4 Å². The maximum Gasteiger partial charge on any atom is 0.224 e. The van der Waals surface area contributed by atoms with E-state index in [2.05, 4.69) is 36.3 Å². The highest BCUT2D eigenvalue weighted by molar-refractivity contribution is 7.15. The molecule has 2 aromatic heterocycles. The Hall–Kier alpha value is -2.14. The van der Waals surface area contributed by atoms with Gasteiger partial charge in [0.05, 0.1) is 18.7 Å². The van der Waals surface area contributed by atoms with Crippen molar-refractivity contribution in [2.75, 3.05) is 0 Å². The van der Waals surface area contributed by atoms with E-state index in [0.717, 1.165) is 22.6 Å². The van der Waals surface area contributed by atoms with Gasteiger partial charge < -0.3 is 5.32 Å². The fraction of sp³-hybridized carbons (Fsp3) is 0.333. The Balaban J connectivity index is 1.51. The van der Waals surface area contributed by atoms with Crippen molar-refractivity contribution in [1.82, 2.24) is 14.7 Å². The number of hydrogen-bond donors (Lipinski definition) is 1. The number of nitrogens with zero attached hydrogens (tertiary/aromatic N) is 2. The van der Waals surface area contributed by atoms with Gasteiger partial charge in [-0.1, -0.05) is 38.1 Å². The summed E-state index contributed by atoms with van der Waals surface area (Å²) in [7, 11) is 0. The molecule has 1 N–H and O–H groups in total. The molecule has 2 heterocycles. The third-order valence-corrected chi connectivity index (χ3v) is 4.41. The summed E-state index contributed by atoms with van der Waals surface area (Å²) >= 11 is 1.59. The van der Waals surface area contributed by atoms with Crippen LogP contribution in [0.5, 0.6) is 0 Å². The Morgan fingerprint density at radius 2 is 2.00 bits per heavy atom. The standard InChI is InChI=1S/C18H21N3OS/c1-13(2)9-14-3-5-15(6-4-14)10-17(22)19-11-16-12-21-7-8-23-18(21)20-16/h3-8,12-13H,9-11H2,1-2H3,(H,19,22). The quantitative estimate of drug-likeness (QED) is 0.754. The van der Waals surface area contributed by atoms with Crippen LogP contribution in [-0.4, -0.2) is 15.3 Å². The molecule has 0 fully saturated rings. The minimum atomic E-state index is 0.0259. The molecule has 0 aliphatic carbocycles. The van der Waals surface area contributed by atoms with Gasteiger partial charge in [-0.25, -0.2) is 4.98 Å². The molecule has 0 bridgehead atoms. The highest BCUT2D eigenvalue weighted by Gasteiger charge is 2.07. The Morgan fingerprint density at radius 3 is 2.70 bits per heavy atom. The van der Waals surface area contributed by atoms with E-state index in [0.29, 0.717) is 18.9 Å². The zero-order valence-corrected chi connectivity index (χ0v) is 14.3. The second-order valence-electron chi connectivity index (χ2n) is 6.19. The van der Waals surface area contributed by atoms with Crippen molar-refractivity contribution in [1.29, 1.82) is 0 Å². The molecular weight excluding hydrogens is 306 g/mol. The number of amides is 1. The van der Waals surface area contributed by atoms with Gasteiger partial charge in [-0.3, -0.25) is 9.20 Å². The Morgan fingerprint density at radius 1 is 1.26 bits per heavy atom. The van der Waals surface area contributed by atoms with Gasteiger partial charge in [0.1, 0.15) is 0 Å². The monoisotopic (exact) mass is 327 g/mol. The van der Waals surface area contributed by atoms with Gasteiger partial charge in [0.15, 0.2) is 4.96 Å². The first-order valence-electron chi connectivity index (χ1n) is 7.86. The van der Waals surface area contributed by atoms with E-state index >= 15 is 0 Å². The van der Waals surface area contributed by atoms with Crippen molar-refractivity contribution in [2.24, 2.45) is 5.92 Å². The van der Waals surface area contributed by atoms with Crippen molar-refractivity contribution >= 4 is 22.2 Å². The molecule has 23 heavy (non-hydrogen) atoms. The fourth-order valence-electron chi connectivity index (χ4n) is 2.56. The molecule has 3 aromatic rings. The summed E-state index contributed by atoms with van der Waals surface area (Å²) in [6.45, 7) is 4.89. The maximum atomic E-state index is 12.1. The number of fused-ring (bicyclic) bond motifs is 1. The Labute approximate surface area is 140 Å². The molecule has 0 radical (unpaired) electrons. The molecule has 0 aliphatic heterocycles. The van der Waals surface area contributed by atoms with Crippen molar-refractivity contribution in [3.63, 3.8) is 0 Å². The maximum absolute atomic E-state index is 12.1. The summed E-state index contributed by atoms with van der Waals surface area (Å²) in [6.07, 6.45) is 5.40. The van der Waals surface area contributed by atoms with Crippen LogP contribution in [-0.2, 0) is 24.2 Å². The van der Waals surface area contributed by atoms with Gasteiger partial charge in [-0.05, 0) is 23.5 Å². The lowest BCUT2D eigenvalue weighted by molar-refractivity contribution is -0.120. The zero-order valence-electron chi connectivity index (χ0n) is 13.5. The van der Waals surface area contributed by atoms with Crippen LogP contribution in [0.15, 0.2) is 42.0 Å². The van der Waals surface area contributed by atoms with E-state index in [-0.39, 0.29) is 5.91 Å². The van der Waals surface area contributed by atoms with Crippen LogP contribution in [0.2, 0.25) is 0 Å². The number of carbonyl (C=O) groups is 1. The highest BCUT2D eigenvalue weighted by Crippen LogP contribution is 2.12. The first-order valence-corrected chi connectivity index (χ1v) is 8.73. The number of imidazole rings is 1. The predicted molar refractivity (Wildman–Crippen MR) is 93.6 cm³/mol. The number of benzene rings is 1. The summed E-state index contributed by atoms with van der Waals surface area (Å²) in [5.41, 5.74) is 3.25. The lowest BCUT2D eigenvalue weighted by atomic mass is 10.0. The van der Waals surface area contributed by atoms with Crippen molar-refractivity contribution in [3.8, 4) is 0 Å². The normalized spacial score (nSPS) is 11.3. The molecule has 1 aromatic carbocycles. The van der Waals surface area contributed by atoms with Crippen molar-refractivity contribution in [2.45, 2.75) is 33.2 Å². The summed E-state index contributed by atoms with van der Waals surface area (Å²) in [6, 6.07) is 8.33. The van der Waals surface area contributed by atoms with Gasteiger partial charge >= 0.3 is 0 Å². The van der Waals surface area contributed by atoms with Crippen LogP contribution in [0, 0.1) is 5.92 Å². The molecular formula is C18H21N3OS. The molecule has 5 heteroatoms. The summed E-state index contributed by atoms with van der Waals surface area (Å²) < 4.78 is 1.97. The fourth-order valence-corrected chi connectivity index (χ4v) is 3.28. The average molecular weight is 327 g/mol. The molecule has 0 unspecified atom stereocenters. The molecule has 4 nitrogen and oxygen atoms in total. The zero-order chi connectivity index (χ0) is 16.2. The van der Waals surface area contributed by atoms with E-state index in [1.165, 1.54) is 5.56 Å². The second kappa shape index (κ2) is 6.96. The SMILES string of the molecule is CC(C)Cc1ccc(CC(=O)NCc2cn3ccsc3n2)cc1. The minimum absolute atomic E-state index is 0.0259.